The SMILES string of the molecule is O=C(CCl)CCCCCC(=O)c1ccc2c(c1)C(=O)C(c1c(O)[nH]c3ccccc13)=N2. The zero-order valence-corrected chi connectivity index (χ0v) is 17.5. The fourth-order valence-electron chi connectivity index (χ4n) is 3.82. The molecule has 7 heteroatoms. The monoisotopic (exact) mass is 436 g/mol. The number of nitrogens with one attached hydrogen (secondary N) is 1. The number of carbonyl (C=O) groups excluding carboxylic acids is 3. The van der Waals surface area contributed by atoms with Crippen LogP contribution in [0.25, 0.3) is 10.9 Å². The lowest BCUT2D eigenvalue weighted by Gasteiger charge is -2.04. The van der Waals surface area contributed by atoms with Crippen LogP contribution in [0, 0.1) is 0 Å². The van der Waals surface area contributed by atoms with Gasteiger partial charge in [-0.2, -0.15) is 0 Å². The summed E-state index contributed by atoms with van der Waals surface area (Å²) in [6.45, 7) is 0. The van der Waals surface area contributed by atoms with Crippen molar-refractivity contribution < 1.29 is 19.5 Å². The summed E-state index contributed by atoms with van der Waals surface area (Å²) >= 11 is 5.48. The molecule has 2 N–H and O–H groups in total. The number of halogens is 1. The molecule has 0 unspecified atom stereocenters. The lowest BCUT2D eigenvalue weighted by Crippen LogP contribution is -2.11. The Morgan fingerprint density at radius 1 is 1.03 bits per heavy atom. The molecular weight excluding hydrogens is 416 g/mol. The van der Waals surface area contributed by atoms with Gasteiger partial charge >= 0.3 is 0 Å². The second kappa shape index (κ2) is 8.86. The van der Waals surface area contributed by atoms with Crippen molar-refractivity contribution in [2.75, 3.05) is 5.88 Å². The number of fused-ring (bicyclic) bond motifs is 2. The molecule has 0 radical (unpaired) electrons. The van der Waals surface area contributed by atoms with Gasteiger partial charge in [0.1, 0.15) is 11.5 Å². The largest absolute Gasteiger partial charge is 0.494 e. The van der Waals surface area contributed by atoms with Crippen molar-refractivity contribution in [1.82, 2.24) is 4.98 Å². The van der Waals surface area contributed by atoms with E-state index < -0.39 is 0 Å². The number of ketones is 3. The molecule has 0 atom stereocenters. The van der Waals surface area contributed by atoms with Crippen molar-refractivity contribution >= 4 is 51.3 Å². The number of aromatic hydroxyl groups is 1. The summed E-state index contributed by atoms with van der Waals surface area (Å²) < 4.78 is 0. The Bertz CT molecular complexity index is 1230. The maximum absolute atomic E-state index is 13.0. The fourth-order valence-corrected chi connectivity index (χ4v) is 3.95. The standard InChI is InChI=1S/C24H21ClN2O4/c25-13-15(28)6-2-1-3-9-20(29)14-10-11-19-17(12-14)23(30)22(26-19)21-16-7-4-5-8-18(16)27-24(21)31/h4-5,7-8,10-12,27,31H,1-3,6,9,13H2. The van der Waals surface area contributed by atoms with E-state index in [-0.39, 0.29) is 34.8 Å². The van der Waals surface area contributed by atoms with Crippen molar-refractivity contribution in [3.8, 4) is 5.88 Å². The van der Waals surface area contributed by atoms with Gasteiger partial charge in [0.05, 0.1) is 22.7 Å². The number of para-hydroxylation sites is 1. The molecule has 2 heterocycles. The van der Waals surface area contributed by atoms with E-state index >= 15 is 0 Å². The predicted octanol–water partition coefficient (Wildman–Crippen LogP) is 5.13. The van der Waals surface area contributed by atoms with Gasteiger partial charge in [0.25, 0.3) is 0 Å². The first-order valence-corrected chi connectivity index (χ1v) is 10.7. The smallest absolute Gasteiger partial charge is 0.214 e. The molecule has 0 saturated heterocycles. The molecule has 3 aromatic rings. The highest BCUT2D eigenvalue weighted by Crippen LogP contribution is 2.35. The average molecular weight is 437 g/mol. The number of hydrogen-bond donors (Lipinski definition) is 2. The molecule has 2 aromatic carbocycles. The third kappa shape index (κ3) is 4.16. The van der Waals surface area contributed by atoms with Crippen LogP contribution in [0.15, 0.2) is 47.5 Å². The summed E-state index contributed by atoms with van der Waals surface area (Å²) in [5.74, 6) is -0.429. The number of benzene rings is 2. The topological polar surface area (TPSA) is 99.6 Å². The molecule has 1 aliphatic rings. The second-order valence-electron chi connectivity index (χ2n) is 7.57. The number of aromatic nitrogens is 1. The van der Waals surface area contributed by atoms with Crippen LogP contribution in [-0.2, 0) is 4.79 Å². The lowest BCUT2D eigenvalue weighted by atomic mass is 9.97. The van der Waals surface area contributed by atoms with Gasteiger partial charge in [0.2, 0.25) is 5.78 Å². The third-order valence-electron chi connectivity index (χ3n) is 5.44. The Morgan fingerprint density at radius 3 is 2.61 bits per heavy atom. The minimum Gasteiger partial charge on any atom is -0.494 e. The molecule has 1 aliphatic heterocycles. The van der Waals surface area contributed by atoms with Crippen LogP contribution in [0.1, 0.15) is 58.4 Å². The molecule has 31 heavy (non-hydrogen) atoms. The van der Waals surface area contributed by atoms with E-state index in [0.717, 1.165) is 6.42 Å². The Labute approximate surface area is 184 Å². The number of hydrogen-bond acceptors (Lipinski definition) is 5. The third-order valence-corrected chi connectivity index (χ3v) is 5.74. The van der Waals surface area contributed by atoms with E-state index in [4.69, 9.17) is 11.6 Å². The van der Waals surface area contributed by atoms with Crippen molar-refractivity contribution in [3.63, 3.8) is 0 Å². The van der Waals surface area contributed by atoms with Crippen molar-refractivity contribution in [1.29, 1.82) is 0 Å². The van der Waals surface area contributed by atoms with Gasteiger partial charge in [0.15, 0.2) is 11.7 Å². The van der Waals surface area contributed by atoms with E-state index in [1.807, 2.05) is 24.3 Å². The number of nitrogens with zero attached hydrogens (tertiary/aromatic N) is 1. The van der Waals surface area contributed by atoms with Crippen LogP contribution >= 0.6 is 11.6 Å². The van der Waals surface area contributed by atoms with Crippen LogP contribution in [-0.4, -0.2) is 39.0 Å². The number of carbonyl (C=O) groups is 3. The number of aliphatic imine (C=N–C) groups is 1. The molecule has 0 saturated carbocycles. The van der Waals surface area contributed by atoms with E-state index in [0.29, 0.717) is 59.0 Å². The van der Waals surface area contributed by atoms with E-state index in [1.165, 1.54) is 0 Å². The van der Waals surface area contributed by atoms with Crippen LogP contribution < -0.4 is 0 Å². The fraction of sp³-hybridized carbons (Fsp3) is 0.250. The van der Waals surface area contributed by atoms with Gasteiger partial charge in [-0.25, -0.2) is 4.99 Å². The van der Waals surface area contributed by atoms with Crippen molar-refractivity contribution in [2.24, 2.45) is 4.99 Å². The zero-order valence-electron chi connectivity index (χ0n) is 16.8. The minimum absolute atomic E-state index is 0.0159. The van der Waals surface area contributed by atoms with Crippen LogP contribution in [0.3, 0.4) is 0 Å². The van der Waals surface area contributed by atoms with Crippen LogP contribution in [0.5, 0.6) is 5.88 Å². The van der Waals surface area contributed by atoms with E-state index in [2.05, 4.69) is 9.98 Å². The molecule has 6 nitrogen and oxygen atoms in total. The highest BCUT2D eigenvalue weighted by molar-refractivity contribution is 6.56. The Kier molecular flexibility index (Phi) is 6.00. The Hall–Kier alpha value is -3.25. The molecule has 0 amide bonds. The number of H-pyrrole nitrogens is 1. The van der Waals surface area contributed by atoms with Crippen molar-refractivity contribution in [3.05, 3.63) is 59.2 Å². The summed E-state index contributed by atoms with van der Waals surface area (Å²) in [6, 6.07) is 12.2. The predicted molar refractivity (Wildman–Crippen MR) is 120 cm³/mol. The summed E-state index contributed by atoms with van der Waals surface area (Å²) in [7, 11) is 0. The van der Waals surface area contributed by atoms with E-state index in [9.17, 15) is 19.5 Å². The normalized spacial score (nSPS) is 12.8. The summed E-state index contributed by atoms with van der Waals surface area (Å²) in [6.07, 6.45) is 2.94. The summed E-state index contributed by atoms with van der Waals surface area (Å²) in [4.78, 5) is 44.1. The lowest BCUT2D eigenvalue weighted by molar-refractivity contribution is -0.116. The first-order chi connectivity index (χ1) is 15.0. The van der Waals surface area contributed by atoms with Crippen molar-refractivity contribution in [2.45, 2.75) is 32.1 Å². The van der Waals surface area contributed by atoms with E-state index in [1.54, 1.807) is 18.2 Å². The van der Waals surface area contributed by atoms with Crippen LogP contribution in [0.4, 0.5) is 5.69 Å². The molecule has 0 bridgehead atoms. The molecule has 4 rings (SSSR count). The maximum Gasteiger partial charge on any atom is 0.214 e. The van der Waals surface area contributed by atoms with Gasteiger partial charge in [0, 0.05) is 29.3 Å². The summed E-state index contributed by atoms with van der Waals surface area (Å²) in [5.41, 5.74) is 2.56. The zero-order chi connectivity index (χ0) is 22.0. The van der Waals surface area contributed by atoms with Crippen LogP contribution in [0.2, 0.25) is 0 Å². The number of Topliss-reactive ketones (excluding diaryl/α,β-unsaturated/α-hetero) is 3. The highest BCUT2D eigenvalue weighted by atomic mass is 35.5. The highest BCUT2D eigenvalue weighted by Gasteiger charge is 2.30. The van der Waals surface area contributed by atoms with Gasteiger partial charge in [-0.15, -0.1) is 11.6 Å². The number of aromatic amines is 1. The molecule has 0 aliphatic carbocycles. The van der Waals surface area contributed by atoms with Gasteiger partial charge in [-0.1, -0.05) is 24.6 Å². The number of unbranched alkanes of at least 4 members (excludes halogenated alkanes) is 2. The quantitative estimate of drug-likeness (QED) is 0.276. The summed E-state index contributed by atoms with van der Waals surface area (Å²) in [5, 5.41) is 11.1. The Morgan fingerprint density at radius 2 is 1.81 bits per heavy atom. The number of rotatable bonds is 9. The maximum atomic E-state index is 13.0. The first kappa shape index (κ1) is 21.0. The molecular formula is C24H21ClN2O4. The van der Waals surface area contributed by atoms with Gasteiger partial charge < -0.3 is 10.1 Å². The molecule has 158 valence electrons. The average Bonchev–Trinajstić information content (AvgIpc) is 3.28. The molecule has 1 aromatic heterocycles. The Balaban J connectivity index is 1.47. The number of alkyl halides is 1. The molecule has 0 fully saturated rings. The van der Waals surface area contributed by atoms with Gasteiger partial charge in [-0.3, -0.25) is 14.4 Å². The molecule has 0 spiro atoms. The van der Waals surface area contributed by atoms with Gasteiger partial charge in [-0.05, 0) is 37.1 Å². The first-order valence-electron chi connectivity index (χ1n) is 10.2. The minimum atomic E-state index is -0.315. The second-order valence-corrected chi connectivity index (χ2v) is 7.84.